The Morgan fingerprint density at radius 2 is 1.73 bits per heavy atom. The van der Waals surface area contributed by atoms with Crippen molar-refractivity contribution >= 4 is 23.2 Å². The fraction of sp³-hybridized carbons (Fsp3) is 0.423. The summed E-state index contributed by atoms with van der Waals surface area (Å²) in [5.74, 6) is 0.567. The molecule has 0 aromatic heterocycles. The van der Waals surface area contributed by atoms with Crippen molar-refractivity contribution in [1.29, 1.82) is 0 Å². The predicted octanol–water partition coefficient (Wildman–Crippen LogP) is 3.34. The lowest BCUT2D eigenvalue weighted by Crippen LogP contribution is -2.52. The van der Waals surface area contributed by atoms with Crippen LogP contribution < -0.4 is 15.4 Å². The van der Waals surface area contributed by atoms with Crippen molar-refractivity contribution in [3.05, 3.63) is 59.7 Å². The fourth-order valence-electron chi connectivity index (χ4n) is 4.28. The minimum atomic E-state index is -0.571. The van der Waals surface area contributed by atoms with Crippen LogP contribution in [0.3, 0.4) is 0 Å². The van der Waals surface area contributed by atoms with E-state index in [2.05, 4.69) is 48.4 Å². The monoisotopic (exact) mass is 448 g/mol. The zero-order valence-corrected chi connectivity index (χ0v) is 19.8. The first-order valence-corrected chi connectivity index (χ1v) is 11.4. The highest BCUT2D eigenvalue weighted by atomic mass is 16.5. The number of amides is 2. The summed E-state index contributed by atoms with van der Waals surface area (Å²) in [7, 11) is 1.61. The van der Waals surface area contributed by atoms with Gasteiger partial charge in [-0.05, 0) is 35.2 Å². The molecule has 1 saturated heterocycles. The highest BCUT2D eigenvalue weighted by Crippen LogP contribution is 2.29. The number of nitrogens with zero attached hydrogens (tertiary/aromatic N) is 2. The lowest BCUT2D eigenvalue weighted by atomic mass is 9.86. The Balaban J connectivity index is 1.35. The van der Waals surface area contributed by atoms with Gasteiger partial charge in [0.1, 0.15) is 17.1 Å². The second kappa shape index (κ2) is 8.98. The molecule has 2 heterocycles. The van der Waals surface area contributed by atoms with Crippen LogP contribution in [0.25, 0.3) is 0 Å². The van der Waals surface area contributed by atoms with E-state index in [0.717, 1.165) is 17.0 Å². The molecule has 1 fully saturated rings. The second-order valence-electron chi connectivity index (χ2n) is 9.83. The van der Waals surface area contributed by atoms with Crippen molar-refractivity contribution in [1.82, 2.24) is 10.2 Å². The molecule has 2 aliphatic rings. The Bertz CT molecular complexity index is 1040. The average molecular weight is 449 g/mol. The van der Waals surface area contributed by atoms with E-state index >= 15 is 0 Å². The van der Waals surface area contributed by atoms with Crippen LogP contribution in [0.2, 0.25) is 0 Å². The van der Waals surface area contributed by atoms with E-state index in [1.807, 2.05) is 36.4 Å². The molecule has 7 nitrogen and oxygen atoms in total. The zero-order chi connectivity index (χ0) is 23.6. The maximum atomic E-state index is 12.7. The highest BCUT2D eigenvalue weighted by molar-refractivity contribution is 6.46. The second-order valence-corrected chi connectivity index (χ2v) is 9.83. The number of carbonyl (C=O) groups is 2. The summed E-state index contributed by atoms with van der Waals surface area (Å²) in [5, 5.41) is 6.02. The topological polar surface area (TPSA) is 83.0 Å². The number of nitrogens with one attached hydrogen (secondary N) is 2. The van der Waals surface area contributed by atoms with Crippen molar-refractivity contribution in [3.8, 4) is 5.75 Å². The van der Waals surface area contributed by atoms with Gasteiger partial charge < -0.3 is 15.4 Å². The Morgan fingerprint density at radius 1 is 1.09 bits per heavy atom. The summed E-state index contributed by atoms with van der Waals surface area (Å²) in [4.78, 5) is 32.1. The summed E-state index contributed by atoms with van der Waals surface area (Å²) in [6.07, 6.45) is 1.36. The van der Waals surface area contributed by atoms with Crippen LogP contribution in [0.15, 0.2) is 53.5 Å². The van der Waals surface area contributed by atoms with Crippen LogP contribution >= 0.6 is 0 Å². The molecule has 0 bridgehead atoms. The van der Waals surface area contributed by atoms with Crippen molar-refractivity contribution in [2.75, 3.05) is 32.1 Å². The van der Waals surface area contributed by atoms with Gasteiger partial charge in [0.2, 0.25) is 5.91 Å². The number of ether oxygens (including phenoxy) is 1. The lowest BCUT2D eigenvalue weighted by Gasteiger charge is -2.36. The summed E-state index contributed by atoms with van der Waals surface area (Å²) in [6, 6.07) is 15.4. The van der Waals surface area contributed by atoms with Crippen LogP contribution in [-0.2, 0) is 15.0 Å². The molecule has 7 heteroatoms. The third-order valence-electron chi connectivity index (χ3n) is 6.34. The predicted molar refractivity (Wildman–Crippen MR) is 130 cm³/mol. The van der Waals surface area contributed by atoms with E-state index in [9.17, 15) is 9.59 Å². The van der Waals surface area contributed by atoms with Crippen LogP contribution in [0.4, 0.5) is 5.69 Å². The minimum absolute atomic E-state index is 0.0605. The van der Waals surface area contributed by atoms with Crippen molar-refractivity contribution in [2.45, 2.75) is 44.7 Å². The van der Waals surface area contributed by atoms with Crippen LogP contribution in [0.5, 0.6) is 5.75 Å². The Hall–Kier alpha value is -3.19. The van der Waals surface area contributed by atoms with E-state index in [-0.39, 0.29) is 17.2 Å². The molecule has 0 unspecified atom stereocenters. The molecule has 0 atom stereocenters. The normalized spacial score (nSPS) is 18.1. The zero-order valence-electron chi connectivity index (χ0n) is 19.8. The number of benzene rings is 2. The van der Waals surface area contributed by atoms with Gasteiger partial charge in [0.05, 0.1) is 13.7 Å². The number of piperidine rings is 1. The number of hydrogen-bond acceptors (Lipinski definition) is 5. The van der Waals surface area contributed by atoms with Gasteiger partial charge in [-0.2, -0.15) is 0 Å². The van der Waals surface area contributed by atoms with Crippen LogP contribution in [0.1, 0.15) is 44.7 Å². The molecule has 0 radical (unpaired) electrons. The Morgan fingerprint density at radius 3 is 2.30 bits per heavy atom. The van der Waals surface area contributed by atoms with Crippen molar-refractivity contribution < 1.29 is 14.3 Å². The van der Waals surface area contributed by atoms with Gasteiger partial charge in [-0.1, -0.05) is 45.0 Å². The van der Waals surface area contributed by atoms with Gasteiger partial charge in [0.25, 0.3) is 5.91 Å². The smallest absolute Gasteiger partial charge is 0.272 e. The molecule has 2 aromatic carbocycles. The first-order chi connectivity index (χ1) is 15.7. The molecule has 4 rings (SSSR count). The molecule has 0 aliphatic carbocycles. The first kappa shape index (κ1) is 23.0. The van der Waals surface area contributed by atoms with E-state index in [0.29, 0.717) is 38.2 Å². The van der Waals surface area contributed by atoms with Crippen LogP contribution in [-0.4, -0.2) is 54.8 Å². The molecule has 2 amide bonds. The summed E-state index contributed by atoms with van der Waals surface area (Å²) in [5.41, 5.74) is 2.80. The molecule has 2 aromatic rings. The fourth-order valence-corrected chi connectivity index (χ4v) is 4.28. The number of likely N-dealkylation sites (tertiary alicyclic amines) is 1. The standard InChI is InChI=1S/C26H32N4O3/c1-25(2,3)19-7-5-18(6-8-19)23-24(32)29-26(28-23)13-15-30(16-14-26)17-22(31)27-20-9-11-21(33-4)12-10-20/h5-12H,13-17H2,1-4H3,(H,27,31)(H,29,32). The minimum Gasteiger partial charge on any atom is -0.497 e. The average Bonchev–Trinajstić information content (AvgIpc) is 3.11. The Kier molecular flexibility index (Phi) is 6.26. The number of aliphatic imine (C=N–C) groups is 1. The number of carbonyl (C=O) groups excluding carboxylic acids is 2. The number of methoxy groups -OCH3 is 1. The molecule has 1 spiro atoms. The largest absolute Gasteiger partial charge is 0.497 e. The van der Waals surface area contributed by atoms with Gasteiger partial charge in [0, 0.05) is 37.2 Å². The molecule has 0 saturated carbocycles. The van der Waals surface area contributed by atoms with E-state index in [4.69, 9.17) is 9.73 Å². The molecule has 2 N–H and O–H groups in total. The van der Waals surface area contributed by atoms with Crippen LogP contribution in [0, 0.1) is 0 Å². The van der Waals surface area contributed by atoms with Crippen molar-refractivity contribution in [2.24, 2.45) is 4.99 Å². The first-order valence-electron chi connectivity index (χ1n) is 11.4. The van der Waals surface area contributed by atoms with E-state index < -0.39 is 5.66 Å². The third kappa shape index (κ3) is 5.25. The summed E-state index contributed by atoms with van der Waals surface area (Å²) in [6.45, 7) is 8.19. The molecule has 33 heavy (non-hydrogen) atoms. The Labute approximate surface area is 195 Å². The van der Waals surface area contributed by atoms with Gasteiger partial charge in [-0.15, -0.1) is 0 Å². The number of rotatable bonds is 5. The van der Waals surface area contributed by atoms with Gasteiger partial charge in [-0.3, -0.25) is 19.5 Å². The highest BCUT2D eigenvalue weighted by Gasteiger charge is 2.42. The maximum Gasteiger partial charge on any atom is 0.272 e. The quantitative estimate of drug-likeness (QED) is 0.735. The maximum absolute atomic E-state index is 12.7. The van der Waals surface area contributed by atoms with Gasteiger partial charge in [0.15, 0.2) is 0 Å². The van der Waals surface area contributed by atoms with E-state index in [1.165, 1.54) is 5.56 Å². The number of hydrogen-bond donors (Lipinski definition) is 2. The molecular weight excluding hydrogens is 416 g/mol. The summed E-state index contributed by atoms with van der Waals surface area (Å²) >= 11 is 0. The van der Waals surface area contributed by atoms with Crippen molar-refractivity contribution in [3.63, 3.8) is 0 Å². The lowest BCUT2D eigenvalue weighted by molar-refractivity contribution is -0.119. The number of anilines is 1. The van der Waals surface area contributed by atoms with Gasteiger partial charge >= 0.3 is 0 Å². The molecule has 174 valence electrons. The molecule has 2 aliphatic heterocycles. The molecular formula is C26H32N4O3. The van der Waals surface area contributed by atoms with Gasteiger partial charge in [-0.25, -0.2) is 0 Å². The third-order valence-corrected chi connectivity index (χ3v) is 6.34. The summed E-state index contributed by atoms with van der Waals surface area (Å²) < 4.78 is 5.14. The SMILES string of the molecule is COc1ccc(NC(=O)CN2CCC3(CC2)N=C(c2ccc(C(C)(C)C)cc2)C(=O)N3)cc1. The van der Waals surface area contributed by atoms with E-state index in [1.54, 1.807) is 7.11 Å².